The first kappa shape index (κ1) is 70.5. The molecule has 0 aliphatic heterocycles. The number of carbonyl (C=O) groups is 10. The molecule has 0 rings (SSSR count). The lowest BCUT2D eigenvalue weighted by Crippen LogP contribution is -2.64. The number of nitrogens with one attached hydrogen (secondary N) is 9. The van der Waals surface area contributed by atoms with E-state index in [1.165, 1.54) is 48.5 Å². The lowest BCUT2D eigenvalue weighted by Gasteiger charge is -2.32. The van der Waals surface area contributed by atoms with Crippen molar-refractivity contribution in [3.8, 4) is 0 Å². The van der Waals surface area contributed by atoms with Crippen molar-refractivity contribution in [3.63, 3.8) is 0 Å². The molecule has 26 heteroatoms. The SMILES string of the molecule is CC(=O)N[C@@H](CCCCN)C(=O)N[C@H](CCCCN)C(=O)NC(C)(C)C(=O)N[C@@H](CCCCN)C(=O)N[C@H](CCCCN)C(=O)NC(C)(C)C(=O)N[C@@H](CCCCN)C(=O)N[C@H](CCCCN)C(=O)NC(C)(C)C(N)=O. The number of rotatable bonds is 42. The highest BCUT2D eigenvalue weighted by Crippen LogP contribution is 2.14. The van der Waals surface area contributed by atoms with Crippen LogP contribution in [0, 0.1) is 0 Å². The first-order chi connectivity index (χ1) is 35.7. The monoisotopic (exact) mass is 1080 g/mol. The van der Waals surface area contributed by atoms with Gasteiger partial charge in [0.1, 0.15) is 52.9 Å². The predicted molar refractivity (Wildman–Crippen MR) is 291 cm³/mol. The number of unbranched alkanes of at least 4 members (excludes halogenated alkanes) is 6. The van der Waals surface area contributed by atoms with Crippen molar-refractivity contribution >= 4 is 59.1 Å². The normalized spacial score (nSPS) is 14.1. The van der Waals surface area contributed by atoms with Crippen molar-refractivity contribution in [3.05, 3.63) is 0 Å². The molecule has 26 nitrogen and oxygen atoms in total. The first-order valence-electron chi connectivity index (χ1n) is 26.9. The maximum atomic E-state index is 14.2. The quantitative estimate of drug-likeness (QED) is 0.0269. The fourth-order valence-electron chi connectivity index (χ4n) is 7.67. The van der Waals surface area contributed by atoms with Gasteiger partial charge in [-0.1, -0.05) is 0 Å². The Morgan fingerprint density at radius 2 is 0.526 bits per heavy atom. The highest BCUT2D eigenvalue weighted by molar-refractivity contribution is 6.00. The topological polar surface area (TPSA) is 461 Å². The fraction of sp³-hybridized carbons (Fsp3) is 0.800. The molecular formula is C50H98N16O10. The van der Waals surface area contributed by atoms with Crippen LogP contribution in [0.4, 0.5) is 0 Å². The summed E-state index contributed by atoms with van der Waals surface area (Å²) in [5.41, 5.74) is 35.0. The molecule has 0 aromatic heterocycles. The second-order valence-electron chi connectivity index (χ2n) is 20.9. The average Bonchev–Trinajstić information content (AvgIpc) is 3.33. The highest BCUT2D eigenvalue weighted by Gasteiger charge is 2.39. The van der Waals surface area contributed by atoms with Gasteiger partial charge in [-0.3, -0.25) is 47.9 Å². The Balaban J connectivity index is 6.59. The van der Waals surface area contributed by atoms with Crippen LogP contribution in [-0.2, 0) is 47.9 Å². The minimum atomic E-state index is -1.70. The summed E-state index contributed by atoms with van der Waals surface area (Å²) in [6.45, 7) is 11.7. The summed E-state index contributed by atoms with van der Waals surface area (Å²) in [6.07, 6.45) is 6.69. The zero-order valence-electron chi connectivity index (χ0n) is 46.6. The number of amides is 10. The molecule has 6 atom stereocenters. The van der Waals surface area contributed by atoms with E-state index < -0.39 is 112 Å². The summed E-state index contributed by atoms with van der Waals surface area (Å²) in [7, 11) is 0. The zero-order valence-corrected chi connectivity index (χ0v) is 46.6. The maximum absolute atomic E-state index is 14.2. The van der Waals surface area contributed by atoms with E-state index in [9.17, 15) is 47.9 Å². The van der Waals surface area contributed by atoms with Crippen LogP contribution in [0.15, 0.2) is 0 Å². The van der Waals surface area contributed by atoms with Crippen molar-refractivity contribution in [2.45, 2.75) is 217 Å². The molecule has 0 fully saturated rings. The number of hydrogen-bond acceptors (Lipinski definition) is 16. The van der Waals surface area contributed by atoms with Crippen LogP contribution in [0.5, 0.6) is 0 Å². The third kappa shape index (κ3) is 28.0. The van der Waals surface area contributed by atoms with Crippen LogP contribution in [0.3, 0.4) is 0 Å². The molecule has 0 bridgehead atoms. The minimum absolute atomic E-state index is 0.0782. The molecule has 0 saturated carbocycles. The van der Waals surface area contributed by atoms with E-state index in [-0.39, 0.29) is 51.6 Å². The minimum Gasteiger partial charge on any atom is -0.368 e. The molecule has 0 aliphatic rings. The molecule has 0 heterocycles. The second kappa shape index (κ2) is 37.3. The molecular weight excluding hydrogens is 985 g/mol. The lowest BCUT2D eigenvalue weighted by molar-refractivity contribution is -0.138. The summed E-state index contributed by atoms with van der Waals surface area (Å²) >= 11 is 0. The Bertz CT molecular complexity index is 1850. The molecule has 0 spiro atoms. The van der Waals surface area contributed by atoms with E-state index in [4.69, 9.17) is 40.1 Å². The highest BCUT2D eigenvalue weighted by atomic mass is 16.2. The summed E-state index contributed by atoms with van der Waals surface area (Å²) in [4.78, 5) is 135. The van der Waals surface area contributed by atoms with Crippen LogP contribution >= 0.6 is 0 Å². The third-order valence-corrected chi connectivity index (χ3v) is 12.6. The van der Waals surface area contributed by atoms with Crippen LogP contribution in [0.2, 0.25) is 0 Å². The van der Waals surface area contributed by atoms with Crippen molar-refractivity contribution in [2.24, 2.45) is 40.1 Å². The van der Waals surface area contributed by atoms with Gasteiger partial charge in [-0.25, -0.2) is 0 Å². The number of hydrogen-bond donors (Lipinski definition) is 16. The molecule has 76 heavy (non-hydrogen) atoms. The van der Waals surface area contributed by atoms with E-state index >= 15 is 0 Å². The Hall–Kier alpha value is -5.54. The summed E-state index contributed by atoms with van der Waals surface area (Å²) in [6, 6.07) is -6.86. The Labute approximate surface area is 450 Å². The van der Waals surface area contributed by atoms with Crippen molar-refractivity contribution in [2.75, 3.05) is 39.3 Å². The Morgan fingerprint density at radius 1 is 0.316 bits per heavy atom. The number of nitrogens with two attached hydrogens (primary N) is 7. The molecule has 438 valence electrons. The van der Waals surface area contributed by atoms with Crippen LogP contribution in [-0.4, -0.2) is 151 Å². The van der Waals surface area contributed by atoms with Gasteiger partial charge in [-0.2, -0.15) is 0 Å². The Kier molecular flexibility index (Phi) is 34.6. The fourth-order valence-corrected chi connectivity index (χ4v) is 7.67. The van der Waals surface area contributed by atoms with E-state index in [1.807, 2.05) is 0 Å². The van der Waals surface area contributed by atoms with Crippen LogP contribution < -0.4 is 88.0 Å². The van der Waals surface area contributed by atoms with Crippen molar-refractivity contribution in [1.29, 1.82) is 0 Å². The van der Waals surface area contributed by atoms with E-state index in [0.717, 1.165) is 0 Å². The largest absolute Gasteiger partial charge is 0.368 e. The molecule has 0 aromatic rings. The molecule has 23 N–H and O–H groups in total. The van der Waals surface area contributed by atoms with E-state index in [0.29, 0.717) is 103 Å². The van der Waals surface area contributed by atoms with Gasteiger partial charge in [-0.05, 0) is 196 Å². The first-order valence-corrected chi connectivity index (χ1v) is 26.9. The van der Waals surface area contributed by atoms with E-state index in [1.54, 1.807) is 0 Å². The van der Waals surface area contributed by atoms with Gasteiger partial charge in [0.2, 0.25) is 59.1 Å². The molecule has 0 saturated heterocycles. The predicted octanol–water partition coefficient (Wildman–Crippen LogP) is -3.14. The van der Waals surface area contributed by atoms with Crippen LogP contribution in [0.1, 0.15) is 164 Å². The second-order valence-corrected chi connectivity index (χ2v) is 20.9. The maximum Gasteiger partial charge on any atom is 0.245 e. The van der Waals surface area contributed by atoms with Gasteiger partial charge in [0.25, 0.3) is 0 Å². The Morgan fingerprint density at radius 3 is 0.737 bits per heavy atom. The molecule has 0 aromatic carbocycles. The number of primary amides is 1. The lowest BCUT2D eigenvalue weighted by atomic mass is 9.98. The van der Waals surface area contributed by atoms with Gasteiger partial charge in [0, 0.05) is 6.92 Å². The molecule has 10 amide bonds. The van der Waals surface area contributed by atoms with E-state index in [2.05, 4.69) is 47.9 Å². The van der Waals surface area contributed by atoms with Gasteiger partial charge in [0.05, 0.1) is 0 Å². The van der Waals surface area contributed by atoms with Gasteiger partial charge >= 0.3 is 0 Å². The van der Waals surface area contributed by atoms with Gasteiger partial charge in [-0.15, -0.1) is 0 Å². The summed E-state index contributed by atoms with van der Waals surface area (Å²) in [5, 5.41) is 24.2. The third-order valence-electron chi connectivity index (χ3n) is 12.6. The summed E-state index contributed by atoms with van der Waals surface area (Å²) in [5.74, 6) is -6.92. The smallest absolute Gasteiger partial charge is 0.245 e. The van der Waals surface area contributed by atoms with Crippen LogP contribution in [0.25, 0.3) is 0 Å². The standard InChI is InChI=1S/C50H98N16O10/c1-32(67)58-33(20-8-14-26-51)39(68)59-37(24-12-18-30-55)43(72)65-49(4,5)46(75)63-35(22-10-16-28-53)41(70)61-38(25-13-19-31-56)44(73)66-50(6,7)47(76)62-34(21-9-15-27-52)40(69)60-36(23-11-17-29-54)42(71)64-48(2,3)45(57)74/h33-38H,8-31,51-56H2,1-7H3,(H2,57,74)(H,58,67)(H,59,68)(H,60,69)(H,61,70)(H,62,76)(H,63,75)(H,64,71)(H,65,72)(H,66,73)/t33-,34-,35-,36+,37+,38+/m0/s1. The zero-order chi connectivity index (χ0) is 58.1. The summed E-state index contributed by atoms with van der Waals surface area (Å²) < 4.78 is 0. The number of carbonyl (C=O) groups excluding carboxylic acids is 10. The van der Waals surface area contributed by atoms with Gasteiger partial charge in [0.15, 0.2) is 0 Å². The molecule has 0 unspecified atom stereocenters. The van der Waals surface area contributed by atoms with Gasteiger partial charge < -0.3 is 88.0 Å². The van der Waals surface area contributed by atoms with Crippen molar-refractivity contribution in [1.82, 2.24) is 47.9 Å². The molecule has 0 radical (unpaired) electrons. The van der Waals surface area contributed by atoms with Crippen molar-refractivity contribution < 1.29 is 47.9 Å². The average molecular weight is 1080 g/mol. The molecule has 0 aliphatic carbocycles.